The number of halogens is 3. The molecule has 0 atom stereocenters. The van der Waals surface area contributed by atoms with Crippen molar-refractivity contribution in [1.29, 1.82) is 5.26 Å². The maximum Gasteiger partial charge on any atom is 0.417 e. The van der Waals surface area contributed by atoms with Gasteiger partial charge in [0, 0.05) is 37.3 Å². The summed E-state index contributed by atoms with van der Waals surface area (Å²) in [6.07, 6.45) is -2.13. The summed E-state index contributed by atoms with van der Waals surface area (Å²) in [4.78, 5) is 42.0. The number of imide groups is 1. The van der Waals surface area contributed by atoms with Crippen molar-refractivity contribution in [2.75, 3.05) is 43.9 Å². The number of nitrogens with zero attached hydrogens (tertiary/aromatic N) is 4. The molecule has 0 unspecified atom stereocenters. The smallest absolute Gasteiger partial charge is 0.331 e. The van der Waals surface area contributed by atoms with Crippen molar-refractivity contribution >= 4 is 34.5 Å². The number of alkyl halides is 3. The first-order valence-electron chi connectivity index (χ1n) is 10.3. The topological polar surface area (TPSA) is 84.7 Å². The molecule has 176 valence electrons. The summed E-state index contributed by atoms with van der Waals surface area (Å²) < 4.78 is 39.9. The average molecular weight is 481 g/mol. The van der Waals surface area contributed by atoms with Crippen LogP contribution in [0.25, 0.3) is 0 Å². The lowest BCUT2D eigenvalue weighted by atomic mass is 10.1. The zero-order valence-electron chi connectivity index (χ0n) is 18.2. The summed E-state index contributed by atoms with van der Waals surface area (Å²) in [6.45, 7) is 4.87. The zero-order valence-corrected chi connectivity index (χ0v) is 19.1. The van der Waals surface area contributed by atoms with E-state index in [9.17, 15) is 27.6 Å². The molecule has 11 heteroatoms. The Bertz CT molecular complexity index is 1040. The average Bonchev–Trinajstić information content (AvgIpc) is 3.01. The van der Waals surface area contributed by atoms with Crippen LogP contribution in [0.15, 0.2) is 29.3 Å². The van der Waals surface area contributed by atoms with Gasteiger partial charge < -0.3 is 4.90 Å². The van der Waals surface area contributed by atoms with Crippen molar-refractivity contribution in [2.24, 2.45) is 0 Å². The highest BCUT2D eigenvalue weighted by Gasteiger charge is 2.39. The molecule has 2 aliphatic rings. The summed E-state index contributed by atoms with van der Waals surface area (Å²) in [5, 5.41) is 9.00. The minimum Gasteiger partial charge on any atom is -0.331 e. The van der Waals surface area contributed by atoms with Gasteiger partial charge in [0.15, 0.2) is 0 Å². The molecule has 2 heterocycles. The van der Waals surface area contributed by atoms with Crippen molar-refractivity contribution in [3.8, 4) is 6.07 Å². The fourth-order valence-corrected chi connectivity index (χ4v) is 4.42. The quantitative estimate of drug-likeness (QED) is 0.599. The van der Waals surface area contributed by atoms with Crippen LogP contribution in [0.1, 0.15) is 30.9 Å². The molecular formula is C22H23F3N4O3S. The number of anilines is 1. The minimum atomic E-state index is -4.79. The van der Waals surface area contributed by atoms with Gasteiger partial charge in [0.1, 0.15) is 0 Å². The molecule has 0 spiro atoms. The molecule has 0 aliphatic carbocycles. The number of nitriles is 1. The van der Waals surface area contributed by atoms with Gasteiger partial charge in [-0.2, -0.15) is 18.4 Å². The molecule has 0 bridgehead atoms. The van der Waals surface area contributed by atoms with Gasteiger partial charge in [-0.15, -0.1) is 0 Å². The van der Waals surface area contributed by atoms with Crippen LogP contribution in [0.4, 0.5) is 23.7 Å². The summed E-state index contributed by atoms with van der Waals surface area (Å²) in [6, 6.07) is 4.29. The second-order valence-corrected chi connectivity index (χ2v) is 8.55. The fraction of sp³-hybridized carbons (Fsp3) is 0.455. The molecule has 0 aromatic heterocycles. The third-order valence-electron chi connectivity index (χ3n) is 5.83. The van der Waals surface area contributed by atoms with Crippen LogP contribution in [-0.4, -0.2) is 65.8 Å². The molecule has 1 aromatic rings. The van der Waals surface area contributed by atoms with Gasteiger partial charge >= 0.3 is 6.18 Å². The van der Waals surface area contributed by atoms with E-state index in [1.54, 1.807) is 11.2 Å². The maximum atomic E-state index is 13.3. The van der Waals surface area contributed by atoms with Crippen LogP contribution in [-0.2, 0) is 15.8 Å². The van der Waals surface area contributed by atoms with Gasteiger partial charge in [-0.25, -0.2) is 4.90 Å². The highest BCUT2D eigenvalue weighted by Crippen LogP contribution is 2.36. The predicted octanol–water partition coefficient (Wildman–Crippen LogP) is 3.65. The summed E-state index contributed by atoms with van der Waals surface area (Å²) in [5.41, 5.74) is -1.47. The molecule has 3 amide bonds. The minimum absolute atomic E-state index is 0.0436. The molecule has 2 aliphatic heterocycles. The van der Waals surface area contributed by atoms with Crippen molar-refractivity contribution in [1.82, 2.24) is 9.80 Å². The standard InChI is InChI=1S/C22H23F3N4O3S/c1-14-17(4-3-7-27-8-10-28(11-9-27)21(32)33-2)20(31)29(19(14)30)16-6-5-15(13-26)18(12-16)22(23,24)25/h5-6,12H,3-4,7-11H2,1-2H3. The van der Waals surface area contributed by atoms with E-state index in [0.717, 1.165) is 24.1 Å². The summed E-state index contributed by atoms with van der Waals surface area (Å²) >= 11 is 1.18. The number of rotatable bonds is 5. The van der Waals surface area contributed by atoms with Gasteiger partial charge in [0.05, 0.1) is 22.9 Å². The van der Waals surface area contributed by atoms with E-state index in [1.807, 2.05) is 0 Å². The fourth-order valence-electron chi connectivity index (χ4n) is 3.98. The Labute approximate surface area is 193 Å². The Morgan fingerprint density at radius 1 is 1.15 bits per heavy atom. The lowest BCUT2D eigenvalue weighted by Crippen LogP contribution is -2.47. The van der Waals surface area contributed by atoms with E-state index >= 15 is 0 Å². The second-order valence-electron chi connectivity index (χ2n) is 7.79. The first-order valence-corrected chi connectivity index (χ1v) is 11.6. The first-order chi connectivity index (χ1) is 15.6. The number of hydrogen-bond donors (Lipinski definition) is 0. The molecule has 1 saturated heterocycles. The molecule has 0 radical (unpaired) electrons. The lowest BCUT2D eigenvalue weighted by molar-refractivity contribution is -0.138. The van der Waals surface area contributed by atoms with Crippen LogP contribution in [0, 0.1) is 11.3 Å². The van der Waals surface area contributed by atoms with E-state index in [0.29, 0.717) is 38.5 Å². The highest BCUT2D eigenvalue weighted by molar-refractivity contribution is 8.12. The Hall–Kier alpha value is -2.84. The monoisotopic (exact) mass is 480 g/mol. The zero-order chi connectivity index (χ0) is 24.3. The lowest BCUT2D eigenvalue weighted by Gasteiger charge is -2.34. The molecular weight excluding hydrogens is 457 g/mol. The number of thioether (sulfide) groups is 1. The molecule has 1 aromatic carbocycles. The number of carbonyl (C=O) groups excluding carboxylic acids is 3. The highest BCUT2D eigenvalue weighted by atomic mass is 32.2. The van der Waals surface area contributed by atoms with Crippen LogP contribution in [0.5, 0.6) is 0 Å². The normalized spacial score (nSPS) is 17.7. The van der Waals surface area contributed by atoms with Crippen molar-refractivity contribution in [3.05, 3.63) is 40.5 Å². The number of benzene rings is 1. The van der Waals surface area contributed by atoms with Crippen molar-refractivity contribution in [2.45, 2.75) is 25.9 Å². The molecule has 1 fully saturated rings. The van der Waals surface area contributed by atoms with Crippen LogP contribution in [0.2, 0.25) is 0 Å². The molecule has 3 rings (SSSR count). The van der Waals surface area contributed by atoms with Crippen LogP contribution in [0.3, 0.4) is 0 Å². The summed E-state index contributed by atoms with van der Waals surface area (Å²) in [5.74, 6) is -1.29. The number of hydrogen-bond acceptors (Lipinski definition) is 6. The predicted molar refractivity (Wildman–Crippen MR) is 118 cm³/mol. The van der Waals surface area contributed by atoms with Crippen molar-refractivity contribution < 1.29 is 27.6 Å². The van der Waals surface area contributed by atoms with Gasteiger partial charge in [0.2, 0.25) is 0 Å². The molecule has 33 heavy (non-hydrogen) atoms. The Balaban J connectivity index is 1.65. The first kappa shape index (κ1) is 24.8. The number of piperazine rings is 1. The molecule has 0 N–H and O–H groups in total. The SMILES string of the molecule is CSC(=O)N1CCN(CCCC2=C(C)C(=O)N(c3ccc(C#N)c(C(F)(F)F)c3)C2=O)CC1. The van der Waals surface area contributed by atoms with Gasteiger partial charge in [-0.1, -0.05) is 11.8 Å². The molecule has 0 saturated carbocycles. The van der Waals surface area contributed by atoms with E-state index in [4.69, 9.17) is 5.26 Å². The van der Waals surface area contributed by atoms with Gasteiger partial charge in [-0.3, -0.25) is 19.3 Å². The largest absolute Gasteiger partial charge is 0.417 e. The number of carbonyl (C=O) groups is 3. The number of amides is 3. The van der Waals surface area contributed by atoms with E-state index in [2.05, 4.69) is 4.90 Å². The van der Waals surface area contributed by atoms with Crippen LogP contribution < -0.4 is 4.90 Å². The van der Waals surface area contributed by atoms with Gasteiger partial charge in [0.25, 0.3) is 17.1 Å². The van der Waals surface area contributed by atoms with Gasteiger partial charge in [-0.05, 0) is 50.8 Å². The van der Waals surface area contributed by atoms with Crippen LogP contribution >= 0.6 is 11.8 Å². The van der Waals surface area contributed by atoms with E-state index in [-0.39, 0.29) is 22.1 Å². The Morgan fingerprint density at radius 3 is 2.39 bits per heavy atom. The van der Waals surface area contributed by atoms with E-state index in [1.165, 1.54) is 30.8 Å². The Kier molecular flexibility index (Phi) is 7.49. The maximum absolute atomic E-state index is 13.3. The van der Waals surface area contributed by atoms with Crippen molar-refractivity contribution in [3.63, 3.8) is 0 Å². The molecule has 7 nitrogen and oxygen atoms in total. The Morgan fingerprint density at radius 2 is 1.82 bits per heavy atom. The van der Waals surface area contributed by atoms with E-state index < -0.39 is 29.1 Å². The summed E-state index contributed by atoms with van der Waals surface area (Å²) in [7, 11) is 0. The second kappa shape index (κ2) is 9.97. The third-order valence-corrected chi connectivity index (χ3v) is 6.44. The third kappa shape index (κ3) is 5.23.